The van der Waals surface area contributed by atoms with Crippen molar-refractivity contribution in [2.24, 2.45) is 5.92 Å². The van der Waals surface area contributed by atoms with E-state index in [-0.39, 0.29) is 92.4 Å². The van der Waals surface area contributed by atoms with Crippen LogP contribution in [0.2, 0.25) is 0 Å². The maximum atomic E-state index is 9.20. The molecular weight excluding hydrogens is 1410 g/mol. The third kappa shape index (κ3) is 139. The van der Waals surface area contributed by atoms with Gasteiger partial charge in [0, 0.05) is 32.3 Å². The molecule has 0 radical (unpaired) electrons. The van der Waals surface area contributed by atoms with Crippen molar-refractivity contribution in [3.05, 3.63) is 0 Å². The summed E-state index contributed by atoms with van der Waals surface area (Å²) in [6, 6.07) is 0. The Bertz CT molecular complexity index is 1450. The molecule has 0 spiro atoms. The second kappa shape index (κ2) is 110. The number of hydrogen-bond acceptors (Lipinski definition) is 22. The maximum Gasteiger partial charge on any atom is 0.0799 e. The quantitative estimate of drug-likeness (QED) is 0.0251. The van der Waals surface area contributed by atoms with Crippen LogP contribution >= 0.6 is 0 Å². The molecule has 0 aliphatic carbocycles. The van der Waals surface area contributed by atoms with Gasteiger partial charge in [-0.1, -0.05) is 218 Å². The molecule has 0 aromatic heterocycles. The first-order valence-corrected chi connectivity index (χ1v) is 44.6. The van der Waals surface area contributed by atoms with Gasteiger partial charge in [0.25, 0.3) is 0 Å². The van der Waals surface area contributed by atoms with Crippen LogP contribution < -0.4 is 0 Å². The molecule has 0 fully saturated rings. The Hall–Kier alpha value is -0.880. The van der Waals surface area contributed by atoms with Crippen molar-refractivity contribution in [1.29, 1.82) is 0 Å². The summed E-state index contributed by atoms with van der Waals surface area (Å²) in [5, 5.41) is 197. The molecule has 22 heteroatoms. The van der Waals surface area contributed by atoms with Crippen LogP contribution in [0.4, 0.5) is 0 Å². The number of aliphatic hydroxyl groups excluding tert-OH is 22. The fraction of sp³-hybridized carbons (Fsp3) is 1.00. The summed E-state index contributed by atoms with van der Waals surface area (Å²) in [7, 11) is 0. The molecule has 0 aromatic carbocycles. The van der Waals surface area contributed by atoms with Gasteiger partial charge in [-0.3, -0.25) is 0 Å². The molecule has 0 aromatic rings. The molecule has 0 saturated carbocycles. The summed E-state index contributed by atoms with van der Waals surface area (Å²) in [6.07, 6.45) is 35.8. The van der Waals surface area contributed by atoms with E-state index in [1.807, 2.05) is 55.4 Å². The predicted octanol–water partition coefficient (Wildman–Crippen LogP) is 14.3. The lowest BCUT2D eigenvalue weighted by molar-refractivity contribution is 0.0116. The Kier molecular flexibility index (Phi) is 133. The first kappa shape index (κ1) is 132. The van der Waals surface area contributed by atoms with E-state index in [1.165, 1.54) is 25.7 Å². The second-order valence-corrected chi connectivity index (χ2v) is 30.5. The number of rotatable bonds is 58. The van der Waals surface area contributed by atoms with E-state index in [0.717, 1.165) is 238 Å². The Morgan fingerprint density at radius 1 is 0.182 bits per heavy atom. The van der Waals surface area contributed by atoms with Gasteiger partial charge in [-0.2, -0.15) is 0 Å². The lowest BCUT2D eigenvalue weighted by Crippen LogP contribution is -2.24. The first-order chi connectivity index (χ1) is 51.9. The van der Waals surface area contributed by atoms with Crippen LogP contribution in [0, 0.1) is 5.92 Å². The molecule has 18 atom stereocenters. The van der Waals surface area contributed by atoms with E-state index in [4.69, 9.17) is 86.8 Å². The minimum absolute atomic E-state index is 0.117. The van der Waals surface area contributed by atoms with Crippen LogP contribution in [0.5, 0.6) is 0 Å². The first-order valence-electron chi connectivity index (χ1n) is 44.6. The zero-order chi connectivity index (χ0) is 87.3. The van der Waals surface area contributed by atoms with Crippen LogP contribution in [0.25, 0.3) is 0 Å². The summed E-state index contributed by atoms with van der Waals surface area (Å²) < 4.78 is 0. The highest BCUT2D eigenvalue weighted by molar-refractivity contribution is 4.67. The SMILES string of the molecule is CC(O)CCCCC(C)O.CCC(O)CCC(O)CC.CCC(O)CCCC(C)O.CCCC(O)CC(O)CC.CCCC(O)CCC(C)O.CCCCC(O)C(O)CC.CCCCC(O)C(O)CC.CCCCC(O)CC(C)O.CCCCCC(CO)CO.CCCCCC(O)C(C)O.OCCCCCCCCO. The van der Waals surface area contributed by atoms with E-state index >= 15 is 0 Å². The summed E-state index contributed by atoms with van der Waals surface area (Å²) in [5.41, 5.74) is 0. The Morgan fingerprint density at radius 3 is 0.782 bits per heavy atom. The zero-order valence-electron chi connectivity index (χ0n) is 75.2. The van der Waals surface area contributed by atoms with Crippen molar-refractivity contribution in [3.63, 3.8) is 0 Å². The molecule has 18 unspecified atom stereocenters. The van der Waals surface area contributed by atoms with Gasteiger partial charge < -0.3 is 112 Å². The van der Waals surface area contributed by atoms with Gasteiger partial charge in [-0.15, -0.1) is 0 Å². The number of hydrogen-bond donors (Lipinski definition) is 22. The van der Waals surface area contributed by atoms with E-state index in [2.05, 4.69) is 34.6 Å². The fourth-order valence-corrected chi connectivity index (χ4v) is 9.77. The van der Waals surface area contributed by atoms with E-state index < -0.39 is 36.6 Å². The molecule has 0 saturated heterocycles. The van der Waals surface area contributed by atoms with Gasteiger partial charge in [-0.25, -0.2) is 0 Å². The van der Waals surface area contributed by atoms with Gasteiger partial charge in [0.15, 0.2) is 0 Å². The molecule has 22 nitrogen and oxygen atoms in total. The van der Waals surface area contributed by atoms with Crippen molar-refractivity contribution < 1.29 is 112 Å². The van der Waals surface area contributed by atoms with E-state index in [0.29, 0.717) is 45.3 Å². The smallest absolute Gasteiger partial charge is 0.0799 e. The van der Waals surface area contributed by atoms with E-state index in [1.54, 1.807) is 41.5 Å². The van der Waals surface area contributed by atoms with Crippen molar-refractivity contribution >= 4 is 0 Å². The highest BCUT2D eigenvalue weighted by atomic mass is 16.3. The lowest BCUT2D eigenvalue weighted by Gasteiger charge is -2.14. The maximum absolute atomic E-state index is 9.20. The van der Waals surface area contributed by atoms with Crippen LogP contribution in [0.3, 0.4) is 0 Å². The second-order valence-electron chi connectivity index (χ2n) is 30.5. The van der Waals surface area contributed by atoms with Crippen molar-refractivity contribution in [2.75, 3.05) is 26.4 Å². The van der Waals surface area contributed by atoms with Crippen molar-refractivity contribution in [2.45, 2.75) is 537 Å². The molecule has 682 valence electrons. The van der Waals surface area contributed by atoms with Gasteiger partial charge in [-0.05, 0) is 208 Å². The van der Waals surface area contributed by atoms with Gasteiger partial charge in [0.2, 0.25) is 0 Å². The molecule has 0 bridgehead atoms. The number of aliphatic hydroxyl groups is 22. The van der Waals surface area contributed by atoms with Crippen LogP contribution in [0.15, 0.2) is 0 Å². The van der Waals surface area contributed by atoms with E-state index in [9.17, 15) is 25.5 Å². The predicted molar refractivity (Wildman–Crippen MR) is 460 cm³/mol. The van der Waals surface area contributed by atoms with Crippen LogP contribution in [0.1, 0.15) is 427 Å². The standard InChI is InChI=1S/11C8H18O2/c1-7(9)5-3-4-6-8(2)10;1-3-8(10)6-4-5-7(2)9;1-3-4-8(10)6-5-7(2)9;1-3-4-5-8(10)6-7(2)9;1-3-4-5-6-8(10)7(2)9;1-3-7(9)5-6-8(10)4-2;1-3-5-8(10)6-7(9)4-2;2*1-3-5-6-8(10)7(9)4-2;1-2-3-4-5-8(6-9)7-10;9-7-5-3-1-2-4-6-8-10/h9*7-10H,3-6H2,1-2H3;8-10H,2-7H2,1H3;9-10H,1-8H2. The topological polar surface area (TPSA) is 445 Å². The molecule has 0 aliphatic rings. The largest absolute Gasteiger partial charge is 0.396 e. The average Bonchev–Trinajstić information content (AvgIpc) is 1.05. The molecule has 22 N–H and O–H groups in total. The molecule has 0 heterocycles. The third-order valence-electron chi connectivity index (χ3n) is 18.0. The fourth-order valence-electron chi connectivity index (χ4n) is 9.77. The minimum atomic E-state index is -0.572. The lowest BCUT2D eigenvalue weighted by atomic mass is 10.0. The normalized spacial score (nSPS) is 15.7. The minimum Gasteiger partial charge on any atom is -0.396 e. The third-order valence-corrected chi connectivity index (χ3v) is 18.0. The summed E-state index contributed by atoms with van der Waals surface area (Å²) in [5.74, 6) is 0.117. The van der Waals surface area contributed by atoms with Gasteiger partial charge in [0.1, 0.15) is 0 Å². The highest BCUT2D eigenvalue weighted by Gasteiger charge is 2.15. The Morgan fingerprint density at radius 2 is 0.473 bits per heavy atom. The summed E-state index contributed by atoms with van der Waals surface area (Å²) in [6.45, 7) is 37.4. The summed E-state index contributed by atoms with van der Waals surface area (Å²) in [4.78, 5) is 0. The monoisotopic (exact) mass is 1610 g/mol. The number of unbranched alkanes of at least 4 members (excludes halogenated alkanes) is 13. The molecule has 0 rings (SSSR count). The van der Waals surface area contributed by atoms with Crippen LogP contribution in [-0.4, -0.2) is 249 Å². The molecule has 0 amide bonds. The Labute approximate surface area is 678 Å². The average molecular weight is 1610 g/mol. The van der Waals surface area contributed by atoms with Crippen molar-refractivity contribution in [1.82, 2.24) is 0 Å². The molecular formula is C88H198O22. The molecule has 110 heavy (non-hydrogen) atoms. The van der Waals surface area contributed by atoms with Crippen molar-refractivity contribution in [3.8, 4) is 0 Å². The Balaban J connectivity index is -0.000000109. The zero-order valence-corrected chi connectivity index (χ0v) is 75.2. The molecule has 0 aliphatic heterocycles. The highest BCUT2D eigenvalue weighted by Crippen LogP contribution is 2.14. The van der Waals surface area contributed by atoms with Crippen LogP contribution in [-0.2, 0) is 0 Å². The van der Waals surface area contributed by atoms with Gasteiger partial charge in [0.05, 0.1) is 110 Å². The summed E-state index contributed by atoms with van der Waals surface area (Å²) >= 11 is 0. The van der Waals surface area contributed by atoms with Gasteiger partial charge >= 0.3 is 0 Å².